The van der Waals surface area contributed by atoms with Gasteiger partial charge in [-0.3, -0.25) is 0 Å². The average Bonchev–Trinajstić information content (AvgIpc) is 2.79. The minimum absolute atomic E-state index is 0.0652. The highest BCUT2D eigenvalue weighted by Crippen LogP contribution is 2.10. The lowest BCUT2D eigenvalue weighted by Gasteiger charge is -2.05. The summed E-state index contributed by atoms with van der Waals surface area (Å²) in [7, 11) is 0. The second kappa shape index (κ2) is 4.76. The molecule has 84 valence electrons. The van der Waals surface area contributed by atoms with Crippen LogP contribution >= 0.6 is 0 Å². The Kier molecular flexibility index (Phi) is 3.16. The molecule has 2 rings (SSSR count). The molecule has 5 heteroatoms. The molecular formula is C11H12N2O3. The second-order valence-electron chi connectivity index (χ2n) is 3.29. The van der Waals surface area contributed by atoms with Gasteiger partial charge in [0.2, 0.25) is 0 Å². The SMILES string of the molecule is Cc1nc(OCc2ccco2)ncc1CO. The maximum Gasteiger partial charge on any atom is 0.317 e. The van der Waals surface area contributed by atoms with Gasteiger partial charge in [0.25, 0.3) is 0 Å². The van der Waals surface area contributed by atoms with E-state index in [9.17, 15) is 0 Å². The molecule has 0 aliphatic heterocycles. The molecule has 0 saturated carbocycles. The number of rotatable bonds is 4. The predicted molar refractivity (Wildman–Crippen MR) is 55.7 cm³/mol. The summed E-state index contributed by atoms with van der Waals surface area (Å²) in [6, 6.07) is 3.89. The van der Waals surface area contributed by atoms with E-state index in [4.69, 9.17) is 14.3 Å². The minimum Gasteiger partial charge on any atom is -0.466 e. The highest BCUT2D eigenvalue weighted by molar-refractivity contribution is 5.16. The lowest BCUT2D eigenvalue weighted by atomic mass is 10.3. The van der Waals surface area contributed by atoms with E-state index in [-0.39, 0.29) is 12.6 Å². The summed E-state index contributed by atoms with van der Waals surface area (Å²) >= 11 is 0. The number of aliphatic hydroxyl groups is 1. The maximum absolute atomic E-state index is 8.95. The third kappa shape index (κ3) is 2.38. The van der Waals surface area contributed by atoms with Crippen molar-refractivity contribution in [3.63, 3.8) is 0 Å². The van der Waals surface area contributed by atoms with Gasteiger partial charge in [-0.25, -0.2) is 9.97 Å². The molecule has 2 aromatic rings. The van der Waals surface area contributed by atoms with Gasteiger partial charge in [-0.2, -0.15) is 0 Å². The zero-order valence-corrected chi connectivity index (χ0v) is 8.88. The van der Waals surface area contributed by atoms with E-state index in [1.54, 1.807) is 25.5 Å². The molecule has 0 amide bonds. The molecule has 1 N–H and O–H groups in total. The highest BCUT2D eigenvalue weighted by atomic mass is 16.5. The Hall–Kier alpha value is -1.88. The van der Waals surface area contributed by atoms with Crippen LogP contribution in [0.25, 0.3) is 0 Å². The largest absolute Gasteiger partial charge is 0.466 e. The highest BCUT2D eigenvalue weighted by Gasteiger charge is 2.04. The summed E-state index contributed by atoms with van der Waals surface area (Å²) < 4.78 is 10.4. The summed E-state index contributed by atoms with van der Waals surface area (Å²) in [6.07, 6.45) is 3.14. The molecular weight excluding hydrogens is 208 g/mol. The van der Waals surface area contributed by atoms with E-state index < -0.39 is 0 Å². The van der Waals surface area contributed by atoms with E-state index in [0.717, 1.165) is 0 Å². The lowest BCUT2D eigenvalue weighted by molar-refractivity contribution is 0.246. The van der Waals surface area contributed by atoms with Crippen molar-refractivity contribution in [3.05, 3.63) is 41.6 Å². The van der Waals surface area contributed by atoms with Crippen LogP contribution in [-0.2, 0) is 13.2 Å². The third-order valence-corrected chi connectivity index (χ3v) is 2.15. The maximum atomic E-state index is 8.95. The van der Waals surface area contributed by atoms with Crippen LogP contribution in [0.15, 0.2) is 29.0 Å². The van der Waals surface area contributed by atoms with Gasteiger partial charge >= 0.3 is 6.01 Å². The van der Waals surface area contributed by atoms with Crippen LogP contribution < -0.4 is 4.74 Å². The van der Waals surface area contributed by atoms with Crippen molar-refractivity contribution < 1.29 is 14.3 Å². The van der Waals surface area contributed by atoms with Crippen molar-refractivity contribution in [2.45, 2.75) is 20.1 Å². The molecule has 0 radical (unpaired) electrons. The van der Waals surface area contributed by atoms with Crippen LogP contribution in [0.4, 0.5) is 0 Å². The number of ether oxygens (including phenoxy) is 1. The van der Waals surface area contributed by atoms with Gasteiger partial charge in [-0.1, -0.05) is 0 Å². The summed E-state index contributed by atoms with van der Waals surface area (Å²) in [5.74, 6) is 0.715. The van der Waals surface area contributed by atoms with Crippen molar-refractivity contribution in [1.29, 1.82) is 0 Å². The summed E-state index contributed by atoms with van der Waals surface area (Å²) in [6.45, 7) is 2.03. The van der Waals surface area contributed by atoms with Gasteiger partial charge in [0.1, 0.15) is 12.4 Å². The van der Waals surface area contributed by atoms with Crippen molar-refractivity contribution in [2.75, 3.05) is 0 Å². The first kappa shape index (κ1) is 10.6. The Morgan fingerprint density at radius 2 is 2.38 bits per heavy atom. The molecule has 0 unspecified atom stereocenters. The fourth-order valence-electron chi connectivity index (χ4n) is 1.23. The fraction of sp³-hybridized carbons (Fsp3) is 0.273. The summed E-state index contributed by atoms with van der Waals surface area (Å²) in [4.78, 5) is 8.08. The Bertz CT molecular complexity index is 454. The zero-order valence-electron chi connectivity index (χ0n) is 8.88. The topological polar surface area (TPSA) is 68.4 Å². The standard InChI is InChI=1S/C11H12N2O3/c1-8-9(6-14)5-12-11(13-8)16-7-10-3-2-4-15-10/h2-5,14H,6-7H2,1H3. The van der Waals surface area contributed by atoms with Crippen molar-refractivity contribution in [2.24, 2.45) is 0 Å². The van der Waals surface area contributed by atoms with Crippen molar-refractivity contribution >= 4 is 0 Å². The summed E-state index contributed by atoms with van der Waals surface area (Å²) in [5, 5.41) is 8.95. The van der Waals surface area contributed by atoms with Crippen LogP contribution in [0.2, 0.25) is 0 Å². The van der Waals surface area contributed by atoms with E-state index >= 15 is 0 Å². The molecule has 0 bridgehead atoms. The Labute approximate surface area is 92.7 Å². The van der Waals surface area contributed by atoms with Crippen LogP contribution in [0.1, 0.15) is 17.0 Å². The van der Waals surface area contributed by atoms with E-state index in [1.165, 1.54) is 0 Å². The molecule has 0 atom stereocenters. The molecule has 5 nitrogen and oxygen atoms in total. The molecule has 2 heterocycles. The molecule has 16 heavy (non-hydrogen) atoms. The van der Waals surface area contributed by atoms with E-state index in [0.29, 0.717) is 23.6 Å². The average molecular weight is 220 g/mol. The van der Waals surface area contributed by atoms with E-state index in [2.05, 4.69) is 9.97 Å². The molecule has 0 aliphatic rings. The normalized spacial score (nSPS) is 10.4. The van der Waals surface area contributed by atoms with Gasteiger partial charge in [0.15, 0.2) is 0 Å². The molecule has 0 spiro atoms. The molecule has 0 aromatic carbocycles. The Morgan fingerprint density at radius 3 is 3.00 bits per heavy atom. The van der Waals surface area contributed by atoms with Gasteiger partial charge in [0, 0.05) is 11.8 Å². The minimum atomic E-state index is -0.0652. The molecule has 0 fully saturated rings. The van der Waals surface area contributed by atoms with Gasteiger partial charge < -0.3 is 14.3 Å². The van der Waals surface area contributed by atoms with Crippen LogP contribution in [0.3, 0.4) is 0 Å². The monoisotopic (exact) mass is 220 g/mol. The van der Waals surface area contributed by atoms with E-state index in [1.807, 2.05) is 6.07 Å². The molecule has 2 aromatic heterocycles. The molecule has 0 saturated heterocycles. The van der Waals surface area contributed by atoms with Crippen LogP contribution in [-0.4, -0.2) is 15.1 Å². The second-order valence-corrected chi connectivity index (χ2v) is 3.29. The lowest BCUT2D eigenvalue weighted by Crippen LogP contribution is -2.02. The molecule has 0 aliphatic carbocycles. The zero-order chi connectivity index (χ0) is 11.4. The Balaban J connectivity index is 2.02. The number of aryl methyl sites for hydroxylation is 1. The number of nitrogens with zero attached hydrogens (tertiary/aromatic N) is 2. The van der Waals surface area contributed by atoms with Crippen LogP contribution in [0, 0.1) is 6.92 Å². The first-order chi connectivity index (χ1) is 7.79. The number of hydrogen-bond acceptors (Lipinski definition) is 5. The van der Waals surface area contributed by atoms with Crippen LogP contribution in [0.5, 0.6) is 6.01 Å². The van der Waals surface area contributed by atoms with Crippen molar-refractivity contribution in [3.8, 4) is 6.01 Å². The van der Waals surface area contributed by atoms with Gasteiger partial charge in [-0.15, -0.1) is 0 Å². The number of furan rings is 1. The third-order valence-electron chi connectivity index (χ3n) is 2.15. The first-order valence-corrected chi connectivity index (χ1v) is 4.88. The summed E-state index contributed by atoms with van der Waals surface area (Å²) in [5.41, 5.74) is 1.41. The predicted octanol–water partition coefficient (Wildman–Crippen LogP) is 1.45. The van der Waals surface area contributed by atoms with Gasteiger partial charge in [-0.05, 0) is 19.1 Å². The quantitative estimate of drug-likeness (QED) is 0.844. The first-order valence-electron chi connectivity index (χ1n) is 4.88. The number of aliphatic hydroxyl groups excluding tert-OH is 1. The van der Waals surface area contributed by atoms with Gasteiger partial charge in [0.05, 0.1) is 18.6 Å². The smallest absolute Gasteiger partial charge is 0.317 e. The Morgan fingerprint density at radius 1 is 1.50 bits per heavy atom. The fourth-order valence-corrected chi connectivity index (χ4v) is 1.23. The van der Waals surface area contributed by atoms with Crippen molar-refractivity contribution in [1.82, 2.24) is 9.97 Å². The number of hydrogen-bond donors (Lipinski definition) is 1. The number of aromatic nitrogens is 2.